The molecule has 0 radical (unpaired) electrons. The van der Waals surface area contributed by atoms with Crippen LogP contribution in [0.4, 0.5) is 5.95 Å². The molecule has 4 atom stereocenters. The second-order valence-electron chi connectivity index (χ2n) is 8.18. The number of hydrogen-bond acceptors (Lipinski definition) is 11. The molecule has 0 amide bonds. The van der Waals surface area contributed by atoms with Crippen LogP contribution in [0.1, 0.15) is 65.5 Å². The van der Waals surface area contributed by atoms with E-state index >= 15 is 0 Å². The van der Waals surface area contributed by atoms with E-state index in [-0.39, 0.29) is 43.0 Å². The van der Waals surface area contributed by atoms with Crippen molar-refractivity contribution in [2.45, 2.75) is 83.8 Å². The van der Waals surface area contributed by atoms with Crippen molar-refractivity contribution in [3.63, 3.8) is 0 Å². The Balaban J connectivity index is 2.01. The highest BCUT2D eigenvalue weighted by Gasteiger charge is 2.51. The number of carbonyl (C=O) groups excluding carboxylic acids is 3. The third-order valence-corrected chi connectivity index (χ3v) is 5.32. The van der Waals surface area contributed by atoms with E-state index in [0.29, 0.717) is 19.3 Å². The van der Waals surface area contributed by atoms with Gasteiger partial charge in [-0.25, -0.2) is 4.98 Å². The number of nitrogen functional groups attached to an aromatic ring is 1. The molecule has 1 aliphatic rings. The summed E-state index contributed by atoms with van der Waals surface area (Å²) in [6.07, 6.45) is -0.761. The van der Waals surface area contributed by atoms with E-state index < -0.39 is 48.0 Å². The first-order valence-electron chi connectivity index (χ1n) is 11.7. The lowest BCUT2D eigenvalue weighted by atomic mass is 10.1. The highest BCUT2D eigenvalue weighted by Crippen LogP contribution is 2.36. The fourth-order valence-corrected chi connectivity index (χ4v) is 3.74. The van der Waals surface area contributed by atoms with E-state index in [4.69, 9.17) is 24.7 Å². The van der Waals surface area contributed by atoms with Gasteiger partial charge < -0.3 is 24.7 Å². The van der Waals surface area contributed by atoms with Crippen LogP contribution in [0.5, 0.6) is 0 Å². The van der Waals surface area contributed by atoms with Crippen molar-refractivity contribution < 1.29 is 33.3 Å². The molecule has 13 nitrogen and oxygen atoms in total. The van der Waals surface area contributed by atoms with Gasteiger partial charge in [-0.3, -0.25) is 28.7 Å². The van der Waals surface area contributed by atoms with Gasteiger partial charge in [0.05, 0.1) is 6.33 Å². The zero-order valence-corrected chi connectivity index (χ0v) is 20.0. The van der Waals surface area contributed by atoms with Gasteiger partial charge in [-0.1, -0.05) is 20.8 Å². The predicted octanol–water partition coefficient (Wildman–Crippen LogP) is 1.37. The standard InChI is InChI=1S/C22H31N5O8/c1-4-7-13(28)32-10-12-17(34-14(29)8-5-2)18(35-15(30)9-6-3)21(33-12)27-11-24-16-19(27)25-22(23)26-20(16)31/h11-12,17-18,21H,4-10H2,1-3H3,(H3,23,25,26,31)/t12-,17?,18?,21-/m0/s1. The summed E-state index contributed by atoms with van der Waals surface area (Å²) in [4.78, 5) is 59.7. The van der Waals surface area contributed by atoms with Crippen LogP contribution < -0.4 is 11.3 Å². The molecule has 3 N–H and O–H groups in total. The minimum Gasteiger partial charge on any atom is -0.463 e. The number of nitrogens with two attached hydrogens (primary N) is 1. The van der Waals surface area contributed by atoms with Gasteiger partial charge in [-0.05, 0) is 19.3 Å². The molecule has 3 rings (SSSR count). The van der Waals surface area contributed by atoms with E-state index in [1.54, 1.807) is 0 Å². The molecule has 1 saturated heterocycles. The predicted molar refractivity (Wildman–Crippen MR) is 122 cm³/mol. The third-order valence-electron chi connectivity index (χ3n) is 5.32. The van der Waals surface area contributed by atoms with Crippen LogP contribution in [0.15, 0.2) is 11.1 Å². The van der Waals surface area contributed by atoms with Crippen LogP contribution in [0, 0.1) is 0 Å². The summed E-state index contributed by atoms with van der Waals surface area (Å²) in [5.74, 6) is -1.62. The summed E-state index contributed by atoms with van der Waals surface area (Å²) in [7, 11) is 0. The maximum atomic E-state index is 12.5. The van der Waals surface area contributed by atoms with Crippen LogP contribution >= 0.6 is 0 Å². The number of fused-ring (bicyclic) bond motifs is 1. The molecule has 2 aromatic rings. The summed E-state index contributed by atoms with van der Waals surface area (Å²) < 4.78 is 24.2. The largest absolute Gasteiger partial charge is 0.463 e. The number of esters is 3. The molecule has 1 fully saturated rings. The van der Waals surface area contributed by atoms with E-state index in [0.717, 1.165) is 0 Å². The summed E-state index contributed by atoms with van der Waals surface area (Å²) >= 11 is 0. The van der Waals surface area contributed by atoms with Crippen LogP contribution in [0.25, 0.3) is 11.2 Å². The third kappa shape index (κ3) is 6.15. The first-order chi connectivity index (χ1) is 16.8. The zero-order chi connectivity index (χ0) is 25.5. The van der Waals surface area contributed by atoms with Gasteiger partial charge in [0.25, 0.3) is 5.56 Å². The van der Waals surface area contributed by atoms with E-state index in [2.05, 4.69) is 15.0 Å². The Morgan fingerprint density at radius 1 is 1.03 bits per heavy atom. The lowest BCUT2D eigenvalue weighted by molar-refractivity contribution is -0.169. The molecule has 2 aromatic heterocycles. The zero-order valence-electron chi connectivity index (χ0n) is 20.0. The summed E-state index contributed by atoms with van der Waals surface area (Å²) in [5.41, 5.74) is 5.24. The van der Waals surface area contributed by atoms with Gasteiger partial charge in [0.15, 0.2) is 29.6 Å². The first kappa shape index (κ1) is 26.1. The molecule has 0 saturated carbocycles. The maximum Gasteiger partial charge on any atom is 0.306 e. The molecule has 0 aliphatic carbocycles. The highest BCUT2D eigenvalue weighted by molar-refractivity contribution is 5.72. The molecular formula is C22H31N5O8. The van der Waals surface area contributed by atoms with Crippen molar-refractivity contribution in [3.05, 3.63) is 16.7 Å². The van der Waals surface area contributed by atoms with E-state index in [9.17, 15) is 19.2 Å². The van der Waals surface area contributed by atoms with Gasteiger partial charge in [-0.15, -0.1) is 0 Å². The van der Waals surface area contributed by atoms with Gasteiger partial charge in [0.2, 0.25) is 5.95 Å². The molecule has 13 heteroatoms. The maximum absolute atomic E-state index is 12.5. The molecule has 2 unspecified atom stereocenters. The number of ether oxygens (including phenoxy) is 4. The van der Waals surface area contributed by atoms with Crippen LogP contribution in [0.2, 0.25) is 0 Å². The Morgan fingerprint density at radius 3 is 2.26 bits per heavy atom. The van der Waals surface area contributed by atoms with E-state index in [1.807, 2.05) is 20.8 Å². The van der Waals surface area contributed by atoms with Crippen LogP contribution in [-0.4, -0.2) is 62.3 Å². The summed E-state index contributed by atoms with van der Waals surface area (Å²) in [6, 6.07) is 0. The van der Waals surface area contributed by atoms with Crippen molar-refractivity contribution in [3.8, 4) is 0 Å². The lowest BCUT2D eigenvalue weighted by Gasteiger charge is -2.24. The molecule has 3 heterocycles. The Morgan fingerprint density at radius 2 is 1.63 bits per heavy atom. The molecule has 0 bridgehead atoms. The minimum atomic E-state index is -1.12. The van der Waals surface area contributed by atoms with Crippen LogP contribution in [-0.2, 0) is 33.3 Å². The molecule has 35 heavy (non-hydrogen) atoms. The molecule has 1 aliphatic heterocycles. The van der Waals surface area contributed by atoms with E-state index in [1.165, 1.54) is 10.9 Å². The number of hydrogen-bond donors (Lipinski definition) is 2. The number of imidazole rings is 1. The number of nitrogens with one attached hydrogen (secondary N) is 1. The highest BCUT2D eigenvalue weighted by atomic mass is 16.7. The van der Waals surface area contributed by atoms with Crippen LogP contribution in [0.3, 0.4) is 0 Å². The molecule has 192 valence electrons. The van der Waals surface area contributed by atoms with Crippen molar-refractivity contribution in [1.82, 2.24) is 19.5 Å². The van der Waals surface area contributed by atoms with Gasteiger partial charge >= 0.3 is 17.9 Å². The first-order valence-corrected chi connectivity index (χ1v) is 11.7. The topological polar surface area (TPSA) is 178 Å². The smallest absolute Gasteiger partial charge is 0.306 e. The summed E-state index contributed by atoms with van der Waals surface area (Å²) in [5, 5.41) is 0. The number of H-pyrrole nitrogens is 1. The number of anilines is 1. The molecule has 0 aromatic carbocycles. The Labute approximate surface area is 201 Å². The Hall–Kier alpha value is -3.48. The minimum absolute atomic E-state index is 0.00112. The number of nitrogens with zero attached hydrogens (tertiary/aromatic N) is 3. The van der Waals surface area contributed by atoms with Crippen molar-refractivity contribution in [2.75, 3.05) is 12.3 Å². The fraction of sp³-hybridized carbons (Fsp3) is 0.636. The fourth-order valence-electron chi connectivity index (χ4n) is 3.74. The number of carbonyl (C=O) groups is 3. The van der Waals surface area contributed by atoms with Crippen molar-refractivity contribution >= 4 is 35.0 Å². The van der Waals surface area contributed by atoms with Gasteiger partial charge in [-0.2, -0.15) is 4.98 Å². The number of aromatic nitrogens is 4. The van der Waals surface area contributed by atoms with Gasteiger partial charge in [0, 0.05) is 19.3 Å². The molecule has 0 spiro atoms. The normalized spacial score (nSPS) is 21.7. The quantitative estimate of drug-likeness (QED) is 0.341. The monoisotopic (exact) mass is 493 g/mol. The average Bonchev–Trinajstić information content (AvgIpc) is 3.34. The SMILES string of the molecule is CCCC(=O)OC[C@@H]1O[C@H](n2cnc3c(=O)[nH]c(N)nc32)C(OC(=O)CCC)C1OC(=O)CCC. The van der Waals surface area contributed by atoms with Crippen molar-refractivity contribution in [1.29, 1.82) is 0 Å². The Bertz CT molecular complexity index is 1110. The lowest BCUT2D eigenvalue weighted by Crippen LogP contribution is -2.41. The number of aromatic amines is 1. The molecular weight excluding hydrogens is 462 g/mol. The second kappa shape index (κ2) is 11.8. The summed E-state index contributed by atoms with van der Waals surface area (Å²) in [6.45, 7) is 5.25. The average molecular weight is 494 g/mol. The van der Waals surface area contributed by atoms with Gasteiger partial charge in [0.1, 0.15) is 12.7 Å². The Kier molecular flexibility index (Phi) is 8.79. The second-order valence-corrected chi connectivity index (χ2v) is 8.18. The van der Waals surface area contributed by atoms with Crippen molar-refractivity contribution in [2.24, 2.45) is 0 Å². The number of rotatable bonds is 11.